The second kappa shape index (κ2) is 7.30. The summed E-state index contributed by atoms with van der Waals surface area (Å²) in [4.78, 5) is 27.3. The topological polar surface area (TPSA) is 84.7 Å². The van der Waals surface area contributed by atoms with Crippen LogP contribution in [0.5, 0.6) is 5.75 Å². The third-order valence-electron chi connectivity index (χ3n) is 6.50. The molecule has 1 fully saturated rings. The number of rotatable bonds is 5. The van der Waals surface area contributed by atoms with Crippen LogP contribution < -0.4 is 15.8 Å². The van der Waals surface area contributed by atoms with Gasteiger partial charge in [0, 0.05) is 36.5 Å². The highest BCUT2D eigenvalue weighted by Gasteiger charge is 2.55. The average molecular weight is 415 g/mol. The summed E-state index contributed by atoms with van der Waals surface area (Å²) in [7, 11) is 0. The van der Waals surface area contributed by atoms with Gasteiger partial charge >= 0.3 is 0 Å². The Kier molecular flexibility index (Phi) is 4.58. The van der Waals surface area contributed by atoms with Crippen LogP contribution in [-0.2, 0) is 9.59 Å². The van der Waals surface area contributed by atoms with Crippen molar-refractivity contribution in [2.75, 3.05) is 18.4 Å². The van der Waals surface area contributed by atoms with Gasteiger partial charge in [-0.1, -0.05) is 54.6 Å². The maximum Gasteiger partial charge on any atom is 0.238 e. The predicted molar refractivity (Wildman–Crippen MR) is 120 cm³/mol. The number of nitrogens with zero attached hydrogens (tertiary/aromatic N) is 1. The van der Waals surface area contributed by atoms with Crippen LogP contribution in [0.15, 0.2) is 66.7 Å². The Bertz CT molecular complexity index is 1170. The molecule has 158 valence electrons. The van der Waals surface area contributed by atoms with Gasteiger partial charge in [0.25, 0.3) is 0 Å². The molecule has 0 aromatic heterocycles. The third kappa shape index (κ3) is 3.19. The van der Waals surface area contributed by atoms with E-state index in [1.54, 1.807) is 4.90 Å². The highest BCUT2D eigenvalue weighted by atomic mass is 16.5. The Balaban J connectivity index is 1.41. The molecule has 3 aromatic carbocycles. The zero-order valence-electron chi connectivity index (χ0n) is 17.4. The molecule has 6 heteroatoms. The van der Waals surface area contributed by atoms with E-state index >= 15 is 0 Å². The number of benzene rings is 3. The first-order chi connectivity index (χ1) is 15.0. The number of nitrogens with two attached hydrogens (primary N) is 1. The van der Waals surface area contributed by atoms with E-state index < -0.39 is 17.6 Å². The molecule has 5 rings (SSSR count). The van der Waals surface area contributed by atoms with E-state index in [1.807, 2.05) is 55.5 Å². The molecule has 0 radical (unpaired) electrons. The molecule has 3 aromatic rings. The van der Waals surface area contributed by atoms with Gasteiger partial charge in [0.2, 0.25) is 11.8 Å². The number of hydrogen-bond acceptors (Lipinski definition) is 4. The molecular weight excluding hydrogens is 390 g/mol. The van der Waals surface area contributed by atoms with Crippen LogP contribution in [0.2, 0.25) is 0 Å². The van der Waals surface area contributed by atoms with Crippen molar-refractivity contribution < 1.29 is 14.3 Å². The van der Waals surface area contributed by atoms with Crippen LogP contribution >= 0.6 is 0 Å². The number of fused-ring (bicyclic) bond motifs is 5. The van der Waals surface area contributed by atoms with Crippen LogP contribution in [0.1, 0.15) is 24.8 Å². The molecule has 2 aliphatic heterocycles. The number of para-hydroxylation sites is 1. The number of amides is 2. The first-order valence-corrected chi connectivity index (χ1v) is 10.6. The SMILES string of the molecule is C[C@@]12C[C@@H](c3ccccc3O1)[C@H](C(N)=O)C(=O)N2CCNc1cccc2ccccc12. The number of ether oxygens (including phenoxy) is 1. The molecule has 0 aliphatic carbocycles. The summed E-state index contributed by atoms with van der Waals surface area (Å²) in [5.41, 5.74) is 6.76. The van der Waals surface area contributed by atoms with Crippen LogP contribution in [0.25, 0.3) is 10.8 Å². The molecule has 3 atom stereocenters. The quantitative estimate of drug-likeness (QED) is 0.625. The molecule has 1 saturated heterocycles. The lowest BCUT2D eigenvalue weighted by molar-refractivity contribution is -0.174. The Hall–Kier alpha value is -3.54. The monoisotopic (exact) mass is 415 g/mol. The van der Waals surface area contributed by atoms with Crippen molar-refractivity contribution in [1.82, 2.24) is 4.90 Å². The molecule has 2 amide bonds. The molecule has 0 saturated carbocycles. The van der Waals surface area contributed by atoms with E-state index in [0.29, 0.717) is 25.3 Å². The molecule has 31 heavy (non-hydrogen) atoms. The summed E-state index contributed by atoms with van der Waals surface area (Å²) in [5.74, 6) is -1.27. The van der Waals surface area contributed by atoms with Gasteiger partial charge in [-0.15, -0.1) is 0 Å². The summed E-state index contributed by atoms with van der Waals surface area (Å²) in [6.07, 6.45) is 0.539. The Labute approximate surface area is 181 Å². The summed E-state index contributed by atoms with van der Waals surface area (Å²) < 4.78 is 6.30. The lowest BCUT2D eigenvalue weighted by atomic mass is 9.73. The van der Waals surface area contributed by atoms with Gasteiger partial charge in [-0.2, -0.15) is 0 Å². The van der Waals surface area contributed by atoms with Crippen LogP contribution in [-0.4, -0.2) is 35.5 Å². The maximum atomic E-state index is 13.4. The molecule has 2 heterocycles. The number of nitrogens with one attached hydrogen (secondary N) is 1. The second-order valence-electron chi connectivity index (χ2n) is 8.45. The minimum Gasteiger partial charge on any atom is -0.468 e. The number of hydrogen-bond donors (Lipinski definition) is 2. The molecule has 6 nitrogen and oxygen atoms in total. The number of likely N-dealkylation sites (tertiary alicyclic amines) is 1. The van der Waals surface area contributed by atoms with Crippen molar-refractivity contribution >= 4 is 28.3 Å². The number of anilines is 1. The Morgan fingerprint density at radius 2 is 1.87 bits per heavy atom. The van der Waals surface area contributed by atoms with E-state index in [2.05, 4.69) is 23.5 Å². The largest absolute Gasteiger partial charge is 0.468 e. The number of primary amides is 1. The number of piperidine rings is 1. The van der Waals surface area contributed by atoms with Gasteiger partial charge in [0.05, 0.1) is 0 Å². The standard InChI is InChI=1S/C25H25N3O3/c1-25-15-19(18-10-4-5-12-21(18)31-25)22(23(26)29)24(30)28(25)14-13-27-20-11-6-8-16-7-2-3-9-17(16)20/h2-12,19,22,27H,13-15H2,1H3,(H2,26,29)/t19-,22+,25-/m0/s1. The Morgan fingerprint density at radius 1 is 1.13 bits per heavy atom. The molecule has 0 spiro atoms. The third-order valence-corrected chi connectivity index (χ3v) is 6.50. The van der Waals surface area contributed by atoms with Crippen molar-refractivity contribution in [3.05, 3.63) is 72.3 Å². The van der Waals surface area contributed by atoms with Gasteiger partial charge in [0.1, 0.15) is 11.7 Å². The van der Waals surface area contributed by atoms with Crippen molar-refractivity contribution in [3.8, 4) is 5.75 Å². The lowest BCUT2D eigenvalue weighted by Gasteiger charge is -2.52. The molecule has 2 aliphatic rings. The predicted octanol–water partition coefficient (Wildman–Crippen LogP) is 3.48. The number of carbonyl (C=O) groups is 2. The molecular formula is C25H25N3O3. The average Bonchev–Trinajstić information content (AvgIpc) is 2.75. The molecule has 2 bridgehead atoms. The lowest BCUT2D eigenvalue weighted by Crippen LogP contribution is -2.65. The van der Waals surface area contributed by atoms with Crippen LogP contribution in [0.3, 0.4) is 0 Å². The van der Waals surface area contributed by atoms with E-state index in [9.17, 15) is 9.59 Å². The maximum absolute atomic E-state index is 13.4. The summed E-state index contributed by atoms with van der Waals surface area (Å²) in [6.45, 7) is 2.84. The Morgan fingerprint density at radius 3 is 2.71 bits per heavy atom. The van der Waals surface area contributed by atoms with Crippen LogP contribution in [0, 0.1) is 5.92 Å². The highest BCUT2D eigenvalue weighted by molar-refractivity contribution is 6.02. The zero-order chi connectivity index (χ0) is 21.6. The smallest absolute Gasteiger partial charge is 0.238 e. The summed E-state index contributed by atoms with van der Waals surface area (Å²) in [5, 5.41) is 5.72. The number of carbonyl (C=O) groups excluding carboxylic acids is 2. The fourth-order valence-corrected chi connectivity index (χ4v) is 5.06. The summed E-state index contributed by atoms with van der Waals surface area (Å²) in [6, 6.07) is 21.9. The van der Waals surface area contributed by atoms with Crippen LogP contribution in [0.4, 0.5) is 5.69 Å². The summed E-state index contributed by atoms with van der Waals surface area (Å²) >= 11 is 0. The first kappa shape index (κ1) is 19.4. The van der Waals surface area contributed by atoms with Crippen molar-refractivity contribution in [1.29, 1.82) is 0 Å². The van der Waals surface area contributed by atoms with Gasteiger partial charge in [0.15, 0.2) is 5.72 Å². The minimum absolute atomic E-state index is 0.262. The van der Waals surface area contributed by atoms with E-state index in [4.69, 9.17) is 10.5 Å². The second-order valence-corrected chi connectivity index (χ2v) is 8.45. The molecule has 3 N–H and O–H groups in total. The van der Waals surface area contributed by atoms with Gasteiger partial charge in [-0.3, -0.25) is 9.59 Å². The fourth-order valence-electron chi connectivity index (χ4n) is 5.06. The van der Waals surface area contributed by atoms with Crippen molar-refractivity contribution in [2.45, 2.75) is 25.0 Å². The van der Waals surface area contributed by atoms with Crippen molar-refractivity contribution in [2.24, 2.45) is 11.7 Å². The zero-order valence-corrected chi connectivity index (χ0v) is 17.4. The van der Waals surface area contributed by atoms with E-state index in [-0.39, 0.29) is 11.8 Å². The van der Waals surface area contributed by atoms with Gasteiger partial charge in [-0.25, -0.2) is 0 Å². The van der Waals surface area contributed by atoms with Gasteiger partial charge < -0.3 is 20.7 Å². The minimum atomic E-state index is -0.879. The fraction of sp³-hybridized carbons (Fsp3) is 0.280. The normalized spacial score (nSPS) is 24.4. The van der Waals surface area contributed by atoms with Gasteiger partial charge in [-0.05, 0) is 30.0 Å². The van der Waals surface area contributed by atoms with E-state index in [1.165, 1.54) is 0 Å². The first-order valence-electron chi connectivity index (χ1n) is 10.6. The molecule has 0 unspecified atom stereocenters. The van der Waals surface area contributed by atoms with Crippen molar-refractivity contribution in [3.63, 3.8) is 0 Å². The highest BCUT2D eigenvalue weighted by Crippen LogP contribution is 2.49. The van der Waals surface area contributed by atoms with E-state index in [0.717, 1.165) is 22.0 Å².